The molecule has 0 saturated carbocycles. The maximum Gasteiger partial charge on any atom is 0.322 e. The maximum absolute atomic E-state index is 12.8. The topological polar surface area (TPSA) is 79.5 Å². The normalized spacial score (nSPS) is 23.3. The molecule has 1 aliphatic rings. The first kappa shape index (κ1) is 16.8. The number of carboxylic acids is 1. The van der Waals surface area contributed by atoms with E-state index in [1.807, 2.05) is 13.8 Å². The molecule has 0 aliphatic carbocycles. The molecule has 2 N–H and O–H groups in total. The van der Waals surface area contributed by atoms with Gasteiger partial charge in [-0.05, 0) is 41.9 Å². The van der Waals surface area contributed by atoms with Gasteiger partial charge in [-0.1, -0.05) is 11.6 Å². The number of rotatable bonds is 2. The molecule has 1 fully saturated rings. The van der Waals surface area contributed by atoms with Gasteiger partial charge in [0.25, 0.3) is 0 Å². The van der Waals surface area contributed by atoms with Crippen LogP contribution in [0.3, 0.4) is 0 Å². The molecule has 1 aromatic heterocycles. The number of hydrogen-bond donors (Lipinski definition) is 2. The highest BCUT2D eigenvalue weighted by Crippen LogP contribution is 2.45. The molecule has 0 amide bonds. The standard InChI is InChI=1S/C15H13BrClNO4S/c1-15(2)12(14(20)21)18-13(23-15)8-5-22-11-7(10(8)19)3-6(17)4-9(11)16/h3-5,12-13,18H,1-2H3,(H,20,21). The number of nitrogens with one attached hydrogen (secondary N) is 1. The highest BCUT2D eigenvalue weighted by Gasteiger charge is 2.46. The van der Waals surface area contributed by atoms with Crippen molar-refractivity contribution in [1.29, 1.82) is 0 Å². The van der Waals surface area contributed by atoms with E-state index in [1.165, 1.54) is 18.0 Å². The third-order valence-corrected chi connectivity index (χ3v) is 6.06. The Balaban J connectivity index is 2.10. The molecule has 1 saturated heterocycles. The Labute approximate surface area is 149 Å². The van der Waals surface area contributed by atoms with Crippen molar-refractivity contribution in [3.63, 3.8) is 0 Å². The molecule has 23 heavy (non-hydrogen) atoms. The van der Waals surface area contributed by atoms with Crippen LogP contribution in [0.15, 0.2) is 32.1 Å². The molecule has 1 aromatic carbocycles. The highest BCUT2D eigenvalue weighted by molar-refractivity contribution is 9.10. The van der Waals surface area contributed by atoms with E-state index in [9.17, 15) is 14.7 Å². The van der Waals surface area contributed by atoms with Crippen molar-refractivity contribution in [3.05, 3.63) is 43.7 Å². The molecule has 0 bridgehead atoms. The van der Waals surface area contributed by atoms with Crippen molar-refractivity contribution in [1.82, 2.24) is 5.32 Å². The van der Waals surface area contributed by atoms with Crippen LogP contribution in [0.5, 0.6) is 0 Å². The van der Waals surface area contributed by atoms with Crippen molar-refractivity contribution in [2.24, 2.45) is 0 Å². The predicted molar refractivity (Wildman–Crippen MR) is 94.2 cm³/mol. The van der Waals surface area contributed by atoms with Gasteiger partial charge in [0, 0.05) is 9.77 Å². The summed E-state index contributed by atoms with van der Waals surface area (Å²) >= 11 is 10.7. The SMILES string of the molecule is CC1(C)SC(c2coc3c(Br)cc(Cl)cc3c2=O)NC1C(=O)O. The van der Waals surface area contributed by atoms with E-state index < -0.39 is 22.1 Å². The Hall–Kier alpha value is -1.02. The van der Waals surface area contributed by atoms with E-state index in [-0.39, 0.29) is 5.43 Å². The molecular weight excluding hydrogens is 406 g/mol. The molecule has 0 radical (unpaired) electrons. The first-order chi connectivity index (χ1) is 10.7. The van der Waals surface area contributed by atoms with Gasteiger partial charge in [-0.3, -0.25) is 14.9 Å². The van der Waals surface area contributed by atoms with E-state index >= 15 is 0 Å². The third-order valence-electron chi connectivity index (χ3n) is 3.78. The summed E-state index contributed by atoms with van der Waals surface area (Å²) in [5.41, 5.74) is 0.579. The summed E-state index contributed by atoms with van der Waals surface area (Å²) in [5.74, 6) is -0.944. The van der Waals surface area contributed by atoms with Crippen LogP contribution in [0.1, 0.15) is 24.8 Å². The third kappa shape index (κ3) is 2.91. The summed E-state index contributed by atoms with van der Waals surface area (Å²) in [6.45, 7) is 3.67. The van der Waals surface area contributed by atoms with Gasteiger partial charge in [-0.15, -0.1) is 11.8 Å². The lowest BCUT2D eigenvalue weighted by Crippen LogP contribution is -2.43. The number of thioether (sulfide) groups is 1. The number of carboxylic acid groups (broad SMARTS) is 1. The fourth-order valence-corrected chi connectivity index (χ4v) is 4.95. The van der Waals surface area contributed by atoms with Gasteiger partial charge in [0.1, 0.15) is 12.3 Å². The Kier molecular flexibility index (Phi) is 4.25. The molecular formula is C15H13BrClNO4S. The molecule has 8 heteroatoms. The van der Waals surface area contributed by atoms with Crippen LogP contribution in [0, 0.1) is 0 Å². The van der Waals surface area contributed by atoms with Crippen LogP contribution in [-0.2, 0) is 4.79 Å². The van der Waals surface area contributed by atoms with Gasteiger partial charge >= 0.3 is 5.97 Å². The molecule has 2 unspecified atom stereocenters. The van der Waals surface area contributed by atoms with Gasteiger partial charge in [0.05, 0.1) is 20.8 Å². The zero-order valence-electron chi connectivity index (χ0n) is 12.2. The van der Waals surface area contributed by atoms with Gasteiger partial charge in [0.15, 0.2) is 11.0 Å². The van der Waals surface area contributed by atoms with Crippen LogP contribution in [0.25, 0.3) is 11.0 Å². The number of aliphatic carboxylic acids is 1. The lowest BCUT2D eigenvalue weighted by atomic mass is 10.0. The average molecular weight is 419 g/mol. The molecule has 1 aliphatic heterocycles. The second-order valence-corrected chi connectivity index (χ2v) is 8.87. The summed E-state index contributed by atoms with van der Waals surface area (Å²) in [7, 11) is 0. The van der Waals surface area contributed by atoms with Crippen LogP contribution >= 0.6 is 39.3 Å². The van der Waals surface area contributed by atoms with Crippen molar-refractivity contribution in [3.8, 4) is 0 Å². The largest absolute Gasteiger partial charge is 0.480 e. The van der Waals surface area contributed by atoms with Crippen molar-refractivity contribution in [2.45, 2.75) is 30.0 Å². The smallest absolute Gasteiger partial charge is 0.322 e. The fraction of sp³-hybridized carbons (Fsp3) is 0.333. The van der Waals surface area contributed by atoms with E-state index in [0.717, 1.165) is 0 Å². The average Bonchev–Trinajstić information content (AvgIpc) is 2.75. The molecule has 0 spiro atoms. The minimum atomic E-state index is -0.944. The number of benzene rings is 1. The number of halogens is 2. The van der Waals surface area contributed by atoms with Crippen molar-refractivity contribution < 1.29 is 14.3 Å². The summed E-state index contributed by atoms with van der Waals surface area (Å²) in [6.07, 6.45) is 1.38. The molecule has 2 atom stereocenters. The molecule has 3 rings (SSSR count). The van der Waals surface area contributed by atoms with Gasteiger partial charge in [-0.25, -0.2) is 0 Å². The maximum atomic E-state index is 12.8. The fourth-order valence-electron chi connectivity index (χ4n) is 2.64. The summed E-state index contributed by atoms with van der Waals surface area (Å²) in [6, 6.07) is 2.45. The first-order valence-corrected chi connectivity index (χ1v) is 8.83. The minimum absolute atomic E-state index is 0.221. The second-order valence-electron chi connectivity index (χ2n) is 5.82. The number of carbonyl (C=O) groups is 1. The van der Waals surface area contributed by atoms with E-state index in [1.54, 1.807) is 12.1 Å². The first-order valence-electron chi connectivity index (χ1n) is 6.78. The lowest BCUT2D eigenvalue weighted by molar-refractivity contribution is -0.139. The number of hydrogen-bond acceptors (Lipinski definition) is 5. The molecule has 2 heterocycles. The Bertz CT molecular complexity index is 866. The quantitative estimate of drug-likeness (QED) is 0.773. The lowest BCUT2D eigenvalue weighted by Gasteiger charge is -2.20. The highest BCUT2D eigenvalue weighted by atomic mass is 79.9. The van der Waals surface area contributed by atoms with Crippen molar-refractivity contribution >= 4 is 56.2 Å². The Morgan fingerprint density at radius 1 is 1.48 bits per heavy atom. The van der Waals surface area contributed by atoms with Crippen LogP contribution < -0.4 is 10.7 Å². The second kappa shape index (κ2) is 5.81. The predicted octanol–water partition coefficient (Wildman–Crippen LogP) is 3.78. The summed E-state index contributed by atoms with van der Waals surface area (Å²) in [4.78, 5) is 24.1. The van der Waals surface area contributed by atoms with Gasteiger partial charge in [-0.2, -0.15) is 0 Å². The van der Waals surface area contributed by atoms with Crippen LogP contribution in [0.2, 0.25) is 5.02 Å². The van der Waals surface area contributed by atoms with Crippen molar-refractivity contribution in [2.75, 3.05) is 0 Å². The van der Waals surface area contributed by atoms with Gasteiger partial charge < -0.3 is 9.52 Å². The molecule has 2 aromatic rings. The zero-order valence-corrected chi connectivity index (χ0v) is 15.4. The summed E-state index contributed by atoms with van der Waals surface area (Å²) in [5, 5.41) is 12.6. The summed E-state index contributed by atoms with van der Waals surface area (Å²) < 4.78 is 5.63. The Morgan fingerprint density at radius 3 is 2.78 bits per heavy atom. The zero-order chi connectivity index (χ0) is 16.9. The van der Waals surface area contributed by atoms with E-state index in [2.05, 4.69) is 21.2 Å². The number of fused-ring (bicyclic) bond motifs is 1. The van der Waals surface area contributed by atoms with Gasteiger partial charge in [0.2, 0.25) is 0 Å². The monoisotopic (exact) mass is 417 g/mol. The van der Waals surface area contributed by atoms with Crippen LogP contribution in [0.4, 0.5) is 0 Å². The van der Waals surface area contributed by atoms with E-state index in [0.29, 0.717) is 26.0 Å². The molecule has 122 valence electrons. The minimum Gasteiger partial charge on any atom is -0.480 e. The van der Waals surface area contributed by atoms with Crippen LogP contribution in [-0.4, -0.2) is 21.9 Å². The van der Waals surface area contributed by atoms with E-state index in [4.69, 9.17) is 16.0 Å². The Morgan fingerprint density at radius 2 is 2.17 bits per heavy atom. The molecule has 5 nitrogen and oxygen atoms in total.